The predicted molar refractivity (Wildman–Crippen MR) is 123 cm³/mol. The summed E-state index contributed by atoms with van der Waals surface area (Å²) in [6, 6.07) is 5.81. The lowest BCUT2D eigenvalue weighted by atomic mass is 10.1. The lowest BCUT2D eigenvalue weighted by Gasteiger charge is -2.26. The van der Waals surface area contributed by atoms with E-state index in [1.54, 1.807) is 11.8 Å². The van der Waals surface area contributed by atoms with Crippen molar-refractivity contribution in [2.24, 2.45) is 5.73 Å². The fourth-order valence-corrected chi connectivity index (χ4v) is 4.70. The second kappa shape index (κ2) is 9.59. The smallest absolute Gasteiger partial charge is 0.276 e. The Morgan fingerprint density at radius 3 is 2.50 bits per heavy atom. The van der Waals surface area contributed by atoms with E-state index in [2.05, 4.69) is 10.1 Å². The number of nitrogen functional groups attached to an aromatic ring is 1. The van der Waals surface area contributed by atoms with Gasteiger partial charge in [0.05, 0.1) is 0 Å². The Morgan fingerprint density at radius 2 is 1.85 bits per heavy atom. The molecule has 3 heterocycles. The zero-order valence-electron chi connectivity index (χ0n) is 18.4. The molecular formula is C22H23FN6O4S. The third-order valence-electron chi connectivity index (χ3n) is 5.55. The van der Waals surface area contributed by atoms with Crippen LogP contribution in [0.4, 0.5) is 21.0 Å². The van der Waals surface area contributed by atoms with Crippen LogP contribution in [-0.2, 0) is 4.79 Å². The van der Waals surface area contributed by atoms with Gasteiger partial charge in [0.15, 0.2) is 10.8 Å². The molecule has 0 bridgehead atoms. The number of amides is 2. The van der Waals surface area contributed by atoms with Crippen LogP contribution in [0.2, 0.25) is 0 Å². The summed E-state index contributed by atoms with van der Waals surface area (Å²) >= 11 is 0.917. The summed E-state index contributed by atoms with van der Waals surface area (Å²) in [6.45, 7) is 2.83. The molecule has 2 aromatic heterocycles. The summed E-state index contributed by atoms with van der Waals surface area (Å²) in [4.78, 5) is 45.1. The van der Waals surface area contributed by atoms with E-state index in [0.717, 1.165) is 30.6 Å². The maximum atomic E-state index is 13.4. The van der Waals surface area contributed by atoms with E-state index in [4.69, 9.17) is 16.0 Å². The Balaban J connectivity index is 1.62. The monoisotopic (exact) mass is 486 g/mol. The van der Waals surface area contributed by atoms with Gasteiger partial charge in [0.25, 0.3) is 5.91 Å². The van der Waals surface area contributed by atoms with Crippen molar-refractivity contribution in [2.45, 2.75) is 32.2 Å². The summed E-state index contributed by atoms with van der Waals surface area (Å²) < 4.78 is 18.6. The molecule has 1 saturated heterocycles. The highest BCUT2D eigenvalue weighted by Crippen LogP contribution is 2.36. The van der Waals surface area contributed by atoms with Gasteiger partial charge in [-0.3, -0.25) is 14.4 Å². The minimum atomic E-state index is -0.863. The standard InChI is InChI=1S/C22H23FN6O4S/c1-12(20(25)31)29(14-7-5-13(23)6-8-14)22-26-19(24)18(34-22)17(30)16-11-15(27-33-16)21(32)28-9-3-2-4-10-28/h5-8,11-12H,2-4,9-10,24H2,1H3,(H2,25,31). The molecule has 34 heavy (non-hydrogen) atoms. The van der Waals surface area contributed by atoms with Gasteiger partial charge in [0.1, 0.15) is 22.6 Å². The summed E-state index contributed by atoms with van der Waals surface area (Å²) in [5.74, 6) is -2.24. The van der Waals surface area contributed by atoms with Crippen molar-refractivity contribution in [1.29, 1.82) is 0 Å². The lowest BCUT2D eigenvalue weighted by molar-refractivity contribution is -0.118. The number of likely N-dealkylation sites (tertiary alicyclic amines) is 1. The molecule has 1 aromatic carbocycles. The Morgan fingerprint density at radius 1 is 1.18 bits per heavy atom. The van der Waals surface area contributed by atoms with Crippen LogP contribution in [0.1, 0.15) is 52.1 Å². The van der Waals surface area contributed by atoms with Crippen molar-refractivity contribution < 1.29 is 23.3 Å². The highest BCUT2D eigenvalue weighted by Gasteiger charge is 2.30. The van der Waals surface area contributed by atoms with Gasteiger partial charge >= 0.3 is 0 Å². The fraction of sp³-hybridized carbons (Fsp3) is 0.318. The number of carbonyl (C=O) groups is 3. The maximum Gasteiger partial charge on any atom is 0.276 e. The Labute approximate surface area is 198 Å². The average molecular weight is 487 g/mol. The second-order valence-electron chi connectivity index (χ2n) is 7.89. The molecule has 4 N–H and O–H groups in total. The first-order valence-electron chi connectivity index (χ1n) is 10.7. The molecular weight excluding hydrogens is 463 g/mol. The fourth-order valence-electron chi connectivity index (χ4n) is 3.67. The van der Waals surface area contributed by atoms with E-state index in [1.807, 2.05) is 0 Å². The molecule has 2 amide bonds. The minimum absolute atomic E-state index is 0.0452. The van der Waals surface area contributed by atoms with Crippen LogP contribution in [0.3, 0.4) is 0 Å². The van der Waals surface area contributed by atoms with E-state index >= 15 is 0 Å². The van der Waals surface area contributed by atoms with E-state index in [0.29, 0.717) is 18.8 Å². The molecule has 0 spiro atoms. The first-order valence-corrected chi connectivity index (χ1v) is 11.5. The number of nitrogens with two attached hydrogens (primary N) is 2. The number of thiazole rings is 1. The highest BCUT2D eigenvalue weighted by atomic mass is 32.1. The number of hydrogen-bond donors (Lipinski definition) is 2. The van der Waals surface area contributed by atoms with Crippen molar-refractivity contribution in [3.05, 3.63) is 52.5 Å². The number of primary amides is 1. The zero-order valence-corrected chi connectivity index (χ0v) is 19.2. The highest BCUT2D eigenvalue weighted by molar-refractivity contribution is 7.18. The number of carbonyl (C=O) groups excluding carboxylic acids is 3. The van der Waals surface area contributed by atoms with Crippen LogP contribution in [0, 0.1) is 5.82 Å². The minimum Gasteiger partial charge on any atom is -0.382 e. The van der Waals surface area contributed by atoms with E-state index in [-0.39, 0.29) is 33.2 Å². The largest absolute Gasteiger partial charge is 0.382 e. The van der Waals surface area contributed by atoms with Crippen molar-refractivity contribution in [2.75, 3.05) is 23.7 Å². The molecule has 1 atom stereocenters. The van der Waals surface area contributed by atoms with E-state index < -0.39 is 23.5 Å². The molecule has 1 unspecified atom stereocenters. The van der Waals surface area contributed by atoms with Gasteiger partial charge in [-0.25, -0.2) is 9.37 Å². The molecule has 0 radical (unpaired) electrons. The van der Waals surface area contributed by atoms with Gasteiger partial charge in [-0.1, -0.05) is 16.5 Å². The molecule has 4 rings (SSSR count). The molecule has 10 nitrogen and oxygen atoms in total. The SMILES string of the molecule is CC(C(N)=O)N(c1ccc(F)cc1)c1nc(N)c(C(=O)c2cc(C(=O)N3CCCCC3)no2)s1. The molecule has 1 aliphatic rings. The third kappa shape index (κ3) is 4.62. The maximum absolute atomic E-state index is 13.4. The molecule has 3 aromatic rings. The number of benzene rings is 1. The van der Waals surface area contributed by atoms with Crippen LogP contribution >= 0.6 is 11.3 Å². The Bertz CT molecular complexity index is 1220. The van der Waals surface area contributed by atoms with Crippen LogP contribution in [0.15, 0.2) is 34.9 Å². The summed E-state index contributed by atoms with van der Waals surface area (Å²) in [5.41, 5.74) is 12.0. The van der Waals surface area contributed by atoms with E-state index in [9.17, 15) is 18.8 Å². The lowest BCUT2D eigenvalue weighted by Crippen LogP contribution is -2.39. The van der Waals surface area contributed by atoms with Crippen molar-refractivity contribution in [1.82, 2.24) is 15.0 Å². The predicted octanol–water partition coefficient (Wildman–Crippen LogP) is 2.72. The van der Waals surface area contributed by atoms with Gasteiger partial charge in [0.2, 0.25) is 17.5 Å². The van der Waals surface area contributed by atoms with Crippen LogP contribution in [0.25, 0.3) is 0 Å². The van der Waals surface area contributed by atoms with Gasteiger partial charge < -0.3 is 25.8 Å². The van der Waals surface area contributed by atoms with Crippen molar-refractivity contribution >= 4 is 45.6 Å². The van der Waals surface area contributed by atoms with Crippen molar-refractivity contribution in [3.8, 4) is 0 Å². The first kappa shape index (κ1) is 23.4. The van der Waals surface area contributed by atoms with Gasteiger partial charge in [-0.2, -0.15) is 0 Å². The van der Waals surface area contributed by atoms with Gasteiger partial charge in [-0.15, -0.1) is 0 Å². The molecule has 12 heteroatoms. The zero-order chi connectivity index (χ0) is 24.4. The van der Waals surface area contributed by atoms with Crippen molar-refractivity contribution in [3.63, 3.8) is 0 Å². The number of nitrogens with zero attached hydrogens (tertiary/aromatic N) is 4. The summed E-state index contributed by atoms with van der Waals surface area (Å²) in [5, 5.41) is 3.98. The quantitative estimate of drug-likeness (QED) is 0.484. The Hall–Kier alpha value is -3.80. The van der Waals surface area contributed by atoms with E-state index in [1.165, 1.54) is 35.2 Å². The molecule has 1 fully saturated rings. The topological polar surface area (TPSA) is 149 Å². The molecule has 0 saturated carbocycles. The van der Waals surface area contributed by atoms with Crippen LogP contribution < -0.4 is 16.4 Å². The number of halogens is 1. The average Bonchev–Trinajstić information content (AvgIpc) is 3.47. The molecule has 1 aliphatic heterocycles. The van der Waals surface area contributed by atoms with Gasteiger partial charge in [0, 0.05) is 24.8 Å². The summed E-state index contributed by atoms with van der Waals surface area (Å²) in [7, 11) is 0. The second-order valence-corrected chi connectivity index (χ2v) is 8.87. The van der Waals surface area contributed by atoms with Crippen LogP contribution in [0.5, 0.6) is 0 Å². The van der Waals surface area contributed by atoms with Gasteiger partial charge in [-0.05, 0) is 50.5 Å². The number of rotatable bonds is 7. The number of aromatic nitrogens is 2. The Kier molecular flexibility index (Phi) is 6.59. The normalized spacial score (nSPS) is 14.6. The summed E-state index contributed by atoms with van der Waals surface area (Å²) in [6.07, 6.45) is 2.91. The third-order valence-corrected chi connectivity index (χ3v) is 6.62. The number of hydrogen-bond acceptors (Lipinski definition) is 9. The number of anilines is 3. The first-order chi connectivity index (χ1) is 16.3. The van der Waals surface area contributed by atoms with Crippen LogP contribution in [-0.4, -0.2) is 51.8 Å². The number of piperidine rings is 1. The molecule has 0 aliphatic carbocycles. The molecule has 178 valence electrons. The number of ketones is 1.